The first-order chi connectivity index (χ1) is 11.7. The molecule has 1 aromatic rings. The topological polar surface area (TPSA) is 97.6 Å². The molecule has 8 heteroatoms. The molecule has 1 aliphatic heterocycles. The highest BCUT2D eigenvalue weighted by Crippen LogP contribution is 2.29. The summed E-state index contributed by atoms with van der Waals surface area (Å²) in [4.78, 5) is 30.5. The fourth-order valence-electron chi connectivity index (χ4n) is 3.49. The van der Waals surface area contributed by atoms with Crippen molar-refractivity contribution in [1.29, 1.82) is 0 Å². The molecule has 2 aliphatic rings. The summed E-state index contributed by atoms with van der Waals surface area (Å²) in [6.45, 7) is 1.27. The van der Waals surface area contributed by atoms with Crippen molar-refractivity contribution < 1.29 is 18.8 Å². The van der Waals surface area contributed by atoms with Gasteiger partial charge in [-0.05, 0) is 12.8 Å². The number of amides is 2. The molecule has 3 rings (SSSR count). The standard InChI is InChI=1S/C16H24N4O4/c1-23-10-13-18-14(24-19-13)6-7-17-16(22)11-8-15(21)20(9-11)12-4-2-3-5-12/h11-12H,2-10H2,1H3,(H,17,22)/t11-/m0/s1. The van der Waals surface area contributed by atoms with Gasteiger partial charge in [-0.15, -0.1) is 0 Å². The lowest BCUT2D eigenvalue weighted by Crippen LogP contribution is -2.37. The maximum Gasteiger partial charge on any atom is 0.228 e. The summed E-state index contributed by atoms with van der Waals surface area (Å²) in [5.74, 6) is 0.762. The molecule has 1 N–H and O–H groups in total. The first-order valence-corrected chi connectivity index (χ1v) is 8.55. The summed E-state index contributed by atoms with van der Waals surface area (Å²) in [6, 6.07) is 0.341. The van der Waals surface area contributed by atoms with Gasteiger partial charge in [0.05, 0.1) is 5.92 Å². The van der Waals surface area contributed by atoms with Crippen molar-refractivity contribution in [2.24, 2.45) is 5.92 Å². The van der Waals surface area contributed by atoms with Gasteiger partial charge in [-0.25, -0.2) is 0 Å². The molecule has 1 aromatic heterocycles. The fourth-order valence-corrected chi connectivity index (χ4v) is 3.49. The van der Waals surface area contributed by atoms with Crippen LogP contribution >= 0.6 is 0 Å². The number of carbonyl (C=O) groups excluding carboxylic acids is 2. The molecule has 2 fully saturated rings. The number of likely N-dealkylation sites (tertiary alicyclic amines) is 1. The van der Waals surface area contributed by atoms with Crippen molar-refractivity contribution >= 4 is 11.8 Å². The predicted molar refractivity (Wildman–Crippen MR) is 83.8 cm³/mol. The SMILES string of the molecule is COCc1noc(CCNC(=O)[C@H]2CC(=O)N(C3CCCC3)C2)n1. The van der Waals surface area contributed by atoms with Gasteiger partial charge in [0.25, 0.3) is 0 Å². The van der Waals surface area contributed by atoms with Gasteiger partial charge in [0.15, 0.2) is 5.82 Å². The lowest BCUT2D eigenvalue weighted by atomic mass is 10.1. The number of ether oxygens (including phenoxy) is 1. The van der Waals surface area contributed by atoms with Gasteiger partial charge in [-0.1, -0.05) is 18.0 Å². The van der Waals surface area contributed by atoms with Crippen LogP contribution in [0.1, 0.15) is 43.8 Å². The van der Waals surface area contributed by atoms with Gasteiger partial charge in [-0.2, -0.15) is 4.98 Å². The molecule has 0 spiro atoms. The second kappa shape index (κ2) is 7.74. The Bertz CT molecular complexity index is 582. The average Bonchev–Trinajstić information content (AvgIpc) is 3.28. The van der Waals surface area contributed by atoms with E-state index in [-0.39, 0.29) is 17.7 Å². The molecule has 8 nitrogen and oxygen atoms in total. The van der Waals surface area contributed by atoms with Crippen LogP contribution in [0.2, 0.25) is 0 Å². The first kappa shape index (κ1) is 16.9. The van der Waals surface area contributed by atoms with E-state index in [0.29, 0.717) is 50.3 Å². The molecule has 1 saturated carbocycles. The van der Waals surface area contributed by atoms with Crippen LogP contribution in [0.25, 0.3) is 0 Å². The first-order valence-electron chi connectivity index (χ1n) is 8.55. The Labute approximate surface area is 140 Å². The molecule has 2 amide bonds. The maximum atomic E-state index is 12.3. The van der Waals surface area contributed by atoms with Crippen molar-refractivity contribution in [2.75, 3.05) is 20.2 Å². The number of nitrogens with one attached hydrogen (secondary N) is 1. The van der Waals surface area contributed by atoms with Gasteiger partial charge in [0.2, 0.25) is 17.7 Å². The highest BCUT2D eigenvalue weighted by molar-refractivity contribution is 5.89. The third kappa shape index (κ3) is 3.92. The lowest BCUT2D eigenvalue weighted by Gasteiger charge is -2.23. The monoisotopic (exact) mass is 336 g/mol. The Morgan fingerprint density at radius 3 is 2.96 bits per heavy atom. The van der Waals surface area contributed by atoms with E-state index < -0.39 is 0 Å². The Balaban J connectivity index is 1.42. The van der Waals surface area contributed by atoms with Crippen LogP contribution in [0.3, 0.4) is 0 Å². The van der Waals surface area contributed by atoms with E-state index in [4.69, 9.17) is 9.26 Å². The van der Waals surface area contributed by atoms with E-state index >= 15 is 0 Å². The number of carbonyl (C=O) groups is 2. The number of methoxy groups -OCH3 is 1. The number of hydrogen-bond acceptors (Lipinski definition) is 6. The second-order valence-corrected chi connectivity index (χ2v) is 6.46. The van der Waals surface area contributed by atoms with Crippen LogP contribution in [0, 0.1) is 5.92 Å². The smallest absolute Gasteiger partial charge is 0.228 e. The summed E-state index contributed by atoms with van der Waals surface area (Å²) >= 11 is 0. The summed E-state index contributed by atoms with van der Waals surface area (Å²) in [6.07, 6.45) is 5.29. The van der Waals surface area contributed by atoms with Gasteiger partial charge in [0.1, 0.15) is 6.61 Å². The van der Waals surface area contributed by atoms with E-state index in [1.165, 1.54) is 12.8 Å². The second-order valence-electron chi connectivity index (χ2n) is 6.46. The van der Waals surface area contributed by atoms with E-state index in [1.807, 2.05) is 4.90 Å². The maximum absolute atomic E-state index is 12.3. The zero-order valence-electron chi connectivity index (χ0n) is 14.0. The Hall–Kier alpha value is -1.96. The molecule has 132 valence electrons. The van der Waals surface area contributed by atoms with Gasteiger partial charge < -0.3 is 19.5 Å². The molecule has 1 saturated heterocycles. The van der Waals surface area contributed by atoms with Crippen LogP contribution in [0.15, 0.2) is 4.52 Å². The Morgan fingerprint density at radius 2 is 2.21 bits per heavy atom. The van der Waals surface area contributed by atoms with Crippen molar-refractivity contribution in [3.8, 4) is 0 Å². The minimum absolute atomic E-state index is 0.0690. The van der Waals surface area contributed by atoms with E-state index in [0.717, 1.165) is 12.8 Å². The van der Waals surface area contributed by atoms with Crippen LogP contribution in [0.4, 0.5) is 0 Å². The Kier molecular flexibility index (Phi) is 5.44. The van der Waals surface area contributed by atoms with E-state index in [1.54, 1.807) is 7.11 Å². The minimum Gasteiger partial charge on any atom is -0.377 e. The summed E-state index contributed by atoms with van der Waals surface area (Å²) < 4.78 is 9.99. The molecule has 1 aliphatic carbocycles. The number of rotatable bonds is 7. The third-order valence-corrected chi connectivity index (χ3v) is 4.72. The zero-order valence-corrected chi connectivity index (χ0v) is 14.0. The van der Waals surface area contributed by atoms with Crippen LogP contribution < -0.4 is 5.32 Å². The normalized spacial score (nSPS) is 21.6. The summed E-state index contributed by atoms with van der Waals surface area (Å²) in [7, 11) is 1.56. The number of nitrogens with zero attached hydrogens (tertiary/aromatic N) is 3. The highest BCUT2D eigenvalue weighted by atomic mass is 16.5. The molecular weight excluding hydrogens is 312 g/mol. The van der Waals surface area contributed by atoms with E-state index in [2.05, 4.69) is 15.5 Å². The molecule has 0 unspecified atom stereocenters. The van der Waals surface area contributed by atoms with Gasteiger partial charge in [0, 0.05) is 39.1 Å². The molecular formula is C16H24N4O4. The largest absolute Gasteiger partial charge is 0.377 e. The van der Waals surface area contributed by atoms with Crippen LogP contribution in [-0.4, -0.2) is 53.1 Å². The molecule has 2 heterocycles. The zero-order chi connectivity index (χ0) is 16.9. The average molecular weight is 336 g/mol. The van der Waals surface area contributed by atoms with Gasteiger partial charge >= 0.3 is 0 Å². The van der Waals surface area contributed by atoms with Crippen LogP contribution in [0.5, 0.6) is 0 Å². The van der Waals surface area contributed by atoms with Crippen molar-refractivity contribution in [3.05, 3.63) is 11.7 Å². The van der Waals surface area contributed by atoms with Crippen molar-refractivity contribution in [3.63, 3.8) is 0 Å². The van der Waals surface area contributed by atoms with Crippen LogP contribution in [-0.2, 0) is 27.4 Å². The predicted octanol–water partition coefficient (Wildman–Crippen LogP) is 0.666. The molecule has 0 radical (unpaired) electrons. The number of hydrogen-bond donors (Lipinski definition) is 1. The minimum atomic E-state index is -0.246. The Morgan fingerprint density at radius 1 is 1.42 bits per heavy atom. The van der Waals surface area contributed by atoms with Gasteiger partial charge in [-0.3, -0.25) is 9.59 Å². The van der Waals surface area contributed by atoms with Crippen molar-refractivity contribution in [1.82, 2.24) is 20.4 Å². The third-order valence-electron chi connectivity index (χ3n) is 4.72. The lowest BCUT2D eigenvalue weighted by molar-refractivity contribution is -0.130. The molecule has 1 atom stereocenters. The number of aromatic nitrogens is 2. The molecule has 24 heavy (non-hydrogen) atoms. The summed E-state index contributed by atoms with van der Waals surface area (Å²) in [5.41, 5.74) is 0. The molecule has 0 bridgehead atoms. The molecule has 0 aromatic carbocycles. The highest BCUT2D eigenvalue weighted by Gasteiger charge is 2.38. The van der Waals surface area contributed by atoms with Crippen molar-refractivity contribution in [2.45, 2.75) is 51.2 Å². The summed E-state index contributed by atoms with van der Waals surface area (Å²) in [5, 5.41) is 6.64. The van der Waals surface area contributed by atoms with E-state index in [9.17, 15) is 9.59 Å². The fraction of sp³-hybridized carbons (Fsp3) is 0.750. The quantitative estimate of drug-likeness (QED) is 0.786.